The van der Waals surface area contributed by atoms with Crippen LogP contribution in [0.3, 0.4) is 0 Å². The van der Waals surface area contributed by atoms with Gasteiger partial charge in [-0.05, 0) is 105 Å². The molecule has 51 heavy (non-hydrogen) atoms. The fourth-order valence-corrected chi connectivity index (χ4v) is 8.71. The van der Waals surface area contributed by atoms with Crippen LogP contribution in [0.5, 0.6) is 5.88 Å². The van der Waals surface area contributed by atoms with E-state index in [2.05, 4.69) is 33.0 Å². The van der Waals surface area contributed by atoms with Crippen LogP contribution in [-0.2, 0) is 22.0 Å². The third-order valence-electron chi connectivity index (χ3n) is 10.9. The number of carboxylic acids is 1. The number of aromatic carboxylic acids is 1. The van der Waals surface area contributed by atoms with Crippen LogP contribution in [0.4, 0.5) is 5.95 Å². The molecule has 0 unspecified atom stereocenters. The van der Waals surface area contributed by atoms with E-state index in [0.29, 0.717) is 24.3 Å². The Morgan fingerprint density at radius 3 is 2.43 bits per heavy atom. The molecule has 3 heterocycles. The summed E-state index contributed by atoms with van der Waals surface area (Å²) in [4.78, 5) is 25.3. The molecule has 264 valence electrons. The summed E-state index contributed by atoms with van der Waals surface area (Å²) in [5.74, 6) is 0.668. The molecule has 0 radical (unpaired) electrons. The molecule has 4 saturated carbocycles. The van der Waals surface area contributed by atoms with Gasteiger partial charge >= 0.3 is 5.97 Å². The molecule has 0 spiro atoms. The normalized spacial score (nSPS) is 20.6. The van der Waals surface area contributed by atoms with Crippen LogP contribution < -0.4 is 14.8 Å². The maximum Gasteiger partial charge on any atom is 0.335 e. The molecular weight excluding hydrogens is 667 g/mol. The number of fused-ring (bicyclic) bond motifs is 1. The molecule has 4 aliphatic rings. The number of ether oxygens (including phenoxy) is 1. The largest absolute Gasteiger partial charge is 0.478 e. The number of furan rings is 1. The van der Waals surface area contributed by atoms with Crippen LogP contribution in [0.2, 0.25) is 0 Å². The van der Waals surface area contributed by atoms with Crippen molar-refractivity contribution in [3.63, 3.8) is 0 Å². The van der Waals surface area contributed by atoms with E-state index in [1.54, 1.807) is 6.07 Å². The summed E-state index contributed by atoms with van der Waals surface area (Å²) in [7, 11) is -4.23. The first kappa shape index (κ1) is 33.3. The quantitative estimate of drug-likeness (QED) is 0.108. The average Bonchev–Trinajstić information content (AvgIpc) is 3.66. The molecule has 2 aromatic carbocycles. The number of rotatable bonds is 14. The van der Waals surface area contributed by atoms with E-state index >= 15 is 0 Å². The first-order valence-electron chi connectivity index (χ1n) is 17.5. The predicted octanol–water partition coefficient (Wildman–Crippen LogP) is 7.18. The molecule has 9 rings (SSSR count). The van der Waals surface area contributed by atoms with Gasteiger partial charge in [-0.2, -0.15) is 4.98 Å². The van der Waals surface area contributed by atoms with Crippen LogP contribution in [0.25, 0.3) is 22.4 Å². The number of nitrogens with one attached hydrogen (secondary N) is 2. The summed E-state index contributed by atoms with van der Waals surface area (Å²) in [6.07, 6.45) is 6.95. The summed E-state index contributed by atoms with van der Waals surface area (Å²) in [6.45, 7) is 7.03. The second-order valence-corrected chi connectivity index (χ2v) is 16.7. The second kappa shape index (κ2) is 12.4. The van der Waals surface area contributed by atoms with E-state index in [9.17, 15) is 18.3 Å². The summed E-state index contributed by atoms with van der Waals surface area (Å²) in [5.41, 5.74) is 6.20. The van der Waals surface area contributed by atoms with Crippen molar-refractivity contribution in [2.24, 2.45) is 11.3 Å². The van der Waals surface area contributed by atoms with Crippen LogP contribution in [0.1, 0.15) is 78.4 Å². The van der Waals surface area contributed by atoms with Gasteiger partial charge in [0.15, 0.2) is 5.58 Å². The number of carboxylic acid groups (broad SMARTS) is 1. The molecule has 11 nitrogen and oxygen atoms in total. The van der Waals surface area contributed by atoms with Crippen molar-refractivity contribution in [2.45, 2.75) is 82.2 Å². The van der Waals surface area contributed by atoms with Gasteiger partial charge < -0.3 is 19.6 Å². The molecule has 0 saturated heterocycles. The Morgan fingerprint density at radius 2 is 1.75 bits per heavy atom. The first-order valence-corrected chi connectivity index (χ1v) is 18.9. The van der Waals surface area contributed by atoms with Crippen molar-refractivity contribution in [1.82, 2.24) is 20.3 Å². The third-order valence-corrected chi connectivity index (χ3v) is 12.3. The van der Waals surface area contributed by atoms with Crippen LogP contribution in [0, 0.1) is 25.2 Å². The molecule has 1 atom stereocenters. The van der Waals surface area contributed by atoms with E-state index in [4.69, 9.17) is 14.1 Å². The van der Waals surface area contributed by atoms with Crippen LogP contribution in [0.15, 0.2) is 76.0 Å². The minimum absolute atomic E-state index is 0.00783. The zero-order valence-corrected chi connectivity index (χ0v) is 29.7. The molecule has 4 aliphatic carbocycles. The number of nitrogens with zero attached hydrogens (tertiary/aromatic N) is 3. The number of pyridine rings is 1. The number of anilines is 1. The van der Waals surface area contributed by atoms with E-state index in [-0.39, 0.29) is 33.7 Å². The summed E-state index contributed by atoms with van der Waals surface area (Å²) in [5, 5.41) is 13.1. The highest BCUT2D eigenvalue weighted by atomic mass is 32.2. The number of benzene rings is 2. The average molecular weight is 708 g/mol. The third kappa shape index (κ3) is 6.70. The minimum atomic E-state index is -4.23. The zero-order valence-electron chi connectivity index (χ0n) is 28.9. The summed E-state index contributed by atoms with van der Waals surface area (Å²) < 4.78 is 41.9. The van der Waals surface area contributed by atoms with E-state index in [1.165, 1.54) is 37.5 Å². The maximum absolute atomic E-state index is 13.4. The molecule has 3 N–H and O–H groups in total. The van der Waals surface area contributed by atoms with Gasteiger partial charge in [0, 0.05) is 35.7 Å². The number of hydrogen-bond donors (Lipinski definition) is 3. The van der Waals surface area contributed by atoms with Crippen molar-refractivity contribution in [2.75, 3.05) is 11.3 Å². The lowest BCUT2D eigenvalue weighted by molar-refractivity contribution is -0.119. The van der Waals surface area contributed by atoms with Gasteiger partial charge in [0.2, 0.25) is 11.8 Å². The Kier molecular flexibility index (Phi) is 8.14. The van der Waals surface area contributed by atoms with E-state index in [0.717, 1.165) is 70.5 Å². The Balaban J connectivity index is 1.05. The van der Waals surface area contributed by atoms with Crippen molar-refractivity contribution >= 4 is 33.0 Å². The van der Waals surface area contributed by atoms with E-state index in [1.807, 2.05) is 44.2 Å². The highest BCUT2D eigenvalue weighted by Gasteiger charge is 2.56. The van der Waals surface area contributed by atoms with Gasteiger partial charge in [-0.25, -0.2) is 27.9 Å². The molecule has 4 fully saturated rings. The lowest BCUT2D eigenvalue weighted by atomic mass is 9.43. The zero-order chi connectivity index (χ0) is 35.5. The minimum Gasteiger partial charge on any atom is -0.478 e. The Hall–Kier alpha value is -4.81. The monoisotopic (exact) mass is 707 g/mol. The Bertz CT molecular complexity index is 2240. The molecule has 0 aliphatic heterocycles. The van der Waals surface area contributed by atoms with Crippen LogP contribution in [-0.4, -0.2) is 47.1 Å². The van der Waals surface area contributed by atoms with Crippen molar-refractivity contribution in [3.05, 3.63) is 94.9 Å². The van der Waals surface area contributed by atoms with Crippen molar-refractivity contribution in [1.29, 1.82) is 0 Å². The lowest BCUT2D eigenvalue weighted by Gasteiger charge is -2.63. The first-order chi connectivity index (χ1) is 24.4. The van der Waals surface area contributed by atoms with Gasteiger partial charge in [0.1, 0.15) is 17.9 Å². The fourth-order valence-electron chi connectivity index (χ4n) is 7.72. The predicted molar refractivity (Wildman–Crippen MR) is 192 cm³/mol. The number of aryl methyl sites for hydroxylation is 2. The highest BCUT2D eigenvalue weighted by Crippen LogP contribution is 2.66. The highest BCUT2D eigenvalue weighted by molar-refractivity contribution is 7.92. The Labute approximate surface area is 296 Å². The van der Waals surface area contributed by atoms with Gasteiger partial charge in [0.25, 0.3) is 10.0 Å². The topological polar surface area (TPSA) is 157 Å². The SMILES string of the molecule is Cc1cccc(C)c1-c1cc(OC[C@@H](CC23CC(C2)C3)NCc2ccc3oc(C4(C)CC4)cc3n2)nc(NS(=O)(=O)c2cccc(C(=O)O)c2)n1. The standard InChI is InChI=1S/C39H41N5O6S/c1-23-6-4-7-24(2)35(23)31-16-34(43-37(42-31)44-51(47,48)29-9-5-8-26(14-29)36(45)46)49-22-28(20-39-17-25(18-39)19-39)40-21-27-10-11-32-30(41-27)15-33(50-32)38(3)12-13-38/h4-11,14-16,25,28,40H,12-13,17-22H2,1-3H3,(H,45,46)(H,42,43,44)/t25?,28-,39?/m1/s1. The van der Waals surface area contributed by atoms with Gasteiger partial charge in [0.05, 0.1) is 21.8 Å². The summed E-state index contributed by atoms with van der Waals surface area (Å²) >= 11 is 0. The van der Waals surface area contributed by atoms with Crippen LogP contribution >= 0.6 is 0 Å². The smallest absolute Gasteiger partial charge is 0.335 e. The molecule has 0 amide bonds. The number of carbonyl (C=O) groups is 1. The molecule has 12 heteroatoms. The lowest BCUT2D eigenvalue weighted by Crippen LogP contribution is -2.55. The van der Waals surface area contributed by atoms with E-state index < -0.39 is 16.0 Å². The maximum atomic E-state index is 13.4. The molecular formula is C39H41N5O6S. The summed E-state index contributed by atoms with van der Waals surface area (Å²) in [6, 6.07) is 18.8. The van der Waals surface area contributed by atoms with Gasteiger partial charge in [-0.1, -0.05) is 31.2 Å². The number of hydrogen-bond acceptors (Lipinski definition) is 9. The van der Waals surface area contributed by atoms with Crippen molar-refractivity contribution in [3.8, 4) is 17.1 Å². The number of aromatic nitrogens is 3. The second-order valence-electron chi connectivity index (χ2n) is 15.0. The molecule has 2 bridgehead atoms. The molecule has 5 aromatic rings. The van der Waals surface area contributed by atoms with Gasteiger partial charge in [-0.15, -0.1) is 0 Å². The fraction of sp³-hybridized carbons (Fsp3) is 0.385. The Morgan fingerprint density at radius 1 is 1.00 bits per heavy atom. The van der Waals surface area contributed by atoms with Gasteiger partial charge in [-0.3, -0.25) is 0 Å². The van der Waals surface area contributed by atoms with Crippen molar-refractivity contribution < 1.29 is 27.5 Å². The number of sulfonamides is 1. The molecule has 3 aromatic heterocycles.